The van der Waals surface area contributed by atoms with Crippen molar-refractivity contribution < 1.29 is 4.92 Å². The van der Waals surface area contributed by atoms with Crippen molar-refractivity contribution in [3.63, 3.8) is 0 Å². The molecule has 0 aliphatic rings. The summed E-state index contributed by atoms with van der Waals surface area (Å²) in [6.07, 6.45) is 4.56. The van der Waals surface area contributed by atoms with E-state index in [1.54, 1.807) is 30.5 Å². The molecule has 0 fully saturated rings. The molecule has 6 heteroatoms. The summed E-state index contributed by atoms with van der Waals surface area (Å²) >= 11 is 0. The second-order valence-electron chi connectivity index (χ2n) is 4.76. The van der Waals surface area contributed by atoms with E-state index >= 15 is 0 Å². The monoisotopic (exact) mass is 274 g/mol. The quantitative estimate of drug-likeness (QED) is 0.619. The number of nitro groups is 1. The smallest absolute Gasteiger partial charge is 0.269 e. The van der Waals surface area contributed by atoms with Crippen LogP contribution in [0, 0.1) is 10.1 Å². The van der Waals surface area contributed by atoms with Crippen LogP contribution in [0.4, 0.5) is 5.69 Å². The van der Waals surface area contributed by atoms with Gasteiger partial charge in [0.2, 0.25) is 0 Å². The Labute approximate surface area is 117 Å². The number of nitrogens with zero attached hydrogens (tertiary/aromatic N) is 3. The van der Waals surface area contributed by atoms with Crippen LogP contribution in [0.15, 0.2) is 42.7 Å². The Kier molecular flexibility index (Phi) is 4.84. The normalized spacial score (nSPS) is 12.2. The van der Waals surface area contributed by atoms with Crippen molar-refractivity contribution in [2.75, 3.05) is 6.54 Å². The molecule has 106 valence electrons. The number of nitrogens with one attached hydrogen (secondary N) is 1. The highest BCUT2D eigenvalue weighted by molar-refractivity contribution is 5.32. The van der Waals surface area contributed by atoms with Crippen LogP contribution in [0.3, 0.4) is 0 Å². The maximum atomic E-state index is 10.6. The number of nitro benzene ring substituents is 1. The number of aromatic nitrogens is 2. The van der Waals surface area contributed by atoms with Gasteiger partial charge in [0.05, 0.1) is 11.5 Å². The van der Waals surface area contributed by atoms with Gasteiger partial charge in [-0.1, -0.05) is 12.1 Å². The van der Waals surface area contributed by atoms with E-state index in [-0.39, 0.29) is 10.6 Å². The molecule has 1 unspecified atom stereocenters. The zero-order valence-electron chi connectivity index (χ0n) is 11.4. The van der Waals surface area contributed by atoms with Crippen LogP contribution in [-0.4, -0.2) is 27.3 Å². The molecule has 0 bridgehead atoms. The first-order chi connectivity index (χ1) is 9.65. The lowest BCUT2D eigenvalue weighted by Crippen LogP contribution is -2.32. The molecule has 0 radical (unpaired) electrons. The average molecular weight is 274 g/mol. The number of rotatable bonds is 7. The summed E-state index contributed by atoms with van der Waals surface area (Å²) < 4.78 is 1.89. The SMILES string of the molecule is CC(Cn1cccn1)NCCc1ccc([N+](=O)[O-])cc1. The summed E-state index contributed by atoms with van der Waals surface area (Å²) in [4.78, 5) is 10.2. The fourth-order valence-electron chi connectivity index (χ4n) is 2.00. The maximum absolute atomic E-state index is 10.6. The standard InChI is InChI=1S/C14H18N4O2/c1-12(11-17-10-2-8-16-17)15-9-7-13-3-5-14(6-4-13)18(19)20/h2-6,8,10,12,15H,7,9,11H2,1H3. The van der Waals surface area contributed by atoms with Crippen LogP contribution in [0.5, 0.6) is 0 Å². The Morgan fingerprint density at radius 2 is 2.15 bits per heavy atom. The zero-order chi connectivity index (χ0) is 14.4. The van der Waals surface area contributed by atoms with Gasteiger partial charge in [-0.05, 0) is 31.5 Å². The third kappa shape index (κ3) is 4.17. The molecule has 1 heterocycles. The minimum atomic E-state index is -0.381. The predicted molar refractivity (Wildman–Crippen MR) is 76.5 cm³/mol. The van der Waals surface area contributed by atoms with Crippen molar-refractivity contribution in [1.29, 1.82) is 0 Å². The molecule has 1 N–H and O–H groups in total. The molecule has 1 aromatic carbocycles. The molecule has 1 aromatic heterocycles. The third-order valence-electron chi connectivity index (χ3n) is 3.07. The second kappa shape index (κ2) is 6.81. The summed E-state index contributed by atoms with van der Waals surface area (Å²) in [5, 5.41) is 18.1. The predicted octanol–water partition coefficient (Wildman–Crippen LogP) is 2.01. The van der Waals surface area contributed by atoms with Gasteiger partial charge in [-0.2, -0.15) is 5.10 Å². The Morgan fingerprint density at radius 1 is 1.40 bits per heavy atom. The molecule has 0 saturated heterocycles. The highest BCUT2D eigenvalue weighted by atomic mass is 16.6. The van der Waals surface area contributed by atoms with E-state index in [4.69, 9.17) is 0 Å². The molecule has 1 atom stereocenters. The van der Waals surface area contributed by atoms with Gasteiger partial charge in [0.25, 0.3) is 5.69 Å². The summed E-state index contributed by atoms with van der Waals surface area (Å²) in [7, 11) is 0. The number of hydrogen-bond acceptors (Lipinski definition) is 4. The lowest BCUT2D eigenvalue weighted by Gasteiger charge is -2.13. The Morgan fingerprint density at radius 3 is 2.75 bits per heavy atom. The molecule has 0 aliphatic heterocycles. The van der Waals surface area contributed by atoms with Gasteiger partial charge in [-0.25, -0.2) is 0 Å². The van der Waals surface area contributed by atoms with Crippen molar-refractivity contribution in [1.82, 2.24) is 15.1 Å². The van der Waals surface area contributed by atoms with E-state index in [9.17, 15) is 10.1 Å². The molecule has 0 saturated carbocycles. The Bertz CT molecular complexity index is 537. The van der Waals surface area contributed by atoms with Gasteiger partial charge in [0.15, 0.2) is 0 Å². The van der Waals surface area contributed by atoms with Crippen LogP contribution < -0.4 is 5.32 Å². The van der Waals surface area contributed by atoms with E-state index in [2.05, 4.69) is 17.3 Å². The molecule has 20 heavy (non-hydrogen) atoms. The molecule has 2 rings (SSSR count). The summed E-state index contributed by atoms with van der Waals surface area (Å²) in [5.41, 5.74) is 1.23. The third-order valence-corrected chi connectivity index (χ3v) is 3.07. The van der Waals surface area contributed by atoms with E-state index in [0.717, 1.165) is 25.1 Å². The van der Waals surface area contributed by atoms with Crippen molar-refractivity contribution in [2.24, 2.45) is 0 Å². The van der Waals surface area contributed by atoms with Gasteiger partial charge in [0, 0.05) is 30.6 Å². The van der Waals surface area contributed by atoms with Crippen LogP contribution in [0.25, 0.3) is 0 Å². The fourth-order valence-corrected chi connectivity index (χ4v) is 2.00. The molecular formula is C14H18N4O2. The first-order valence-electron chi connectivity index (χ1n) is 6.59. The van der Waals surface area contributed by atoms with Gasteiger partial charge in [-0.15, -0.1) is 0 Å². The Balaban J connectivity index is 1.73. The highest BCUT2D eigenvalue weighted by Gasteiger charge is 2.05. The topological polar surface area (TPSA) is 73.0 Å². The fraction of sp³-hybridized carbons (Fsp3) is 0.357. The van der Waals surface area contributed by atoms with Gasteiger partial charge in [0.1, 0.15) is 0 Å². The maximum Gasteiger partial charge on any atom is 0.269 e. The summed E-state index contributed by atoms with van der Waals surface area (Å²) in [6, 6.07) is 8.93. The Hall–Kier alpha value is -2.21. The van der Waals surface area contributed by atoms with Crippen molar-refractivity contribution >= 4 is 5.69 Å². The number of non-ortho nitro benzene ring substituents is 1. The van der Waals surface area contributed by atoms with Gasteiger partial charge in [-0.3, -0.25) is 14.8 Å². The molecule has 0 amide bonds. The summed E-state index contributed by atoms with van der Waals surface area (Å²) in [5.74, 6) is 0. The van der Waals surface area contributed by atoms with Crippen LogP contribution in [0.2, 0.25) is 0 Å². The zero-order valence-corrected chi connectivity index (χ0v) is 11.4. The summed E-state index contributed by atoms with van der Waals surface area (Å²) in [6.45, 7) is 3.77. The highest BCUT2D eigenvalue weighted by Crippen LogP contribution is 2.11. The number of benzene rings is 1. The molecule has 6 nitrogen and oxygen atoms in total. The largest absolute Gasteiger partial charge is 0.312 e. The van der Waals surface area contributed by atoms with E-state index in [1.807, 2.05) is 16.9 Å². The molecule has 2 aromatic rings. The molecule has 0 spiro atoms. The first-order valence-corrected chi connectivity index (χ1v) is 6.59. The lowest BCUT2D eigenvalue weighted by molar-refractivity contribution is -0.384. The van der Waals surface area contributed by atoms with E-state index < -0.39 is 0 Å². The van der Waals surface area contributed by atoms with Crippen molar-refractivity contribution in [3.05, 3.63) is 58.4 Å². The molecule has 0 aliphatic carbocycles. The average Bonchev–Trinajstić information content (AvgIpc) is 2.92. The van der Waals surface area contributed by atoms with Crippen molar-refractivity contribution in [2.45, 2.75) is 25.9 Å². The lowest BCUT2D eigenvalue weighted by atomic mass is 10.1. The van der Waals surface area contributed by atoms with E-state index in [0.29, 0.717) is 6.04 Å². The van der Waals surface area contributed by atoms with Crippen LogP contribution in [0.1, 0.15) is 12.5 Å². The van der Waals surface area contributed by atoms with E-state index in [1.165, 1.54) is 0 Å². The van der Waals surface area contributed by atoms with Gasteiger partial charge < -0.3 is 5.32 Å². The van der Waals surface area contributed by atoms with Gasteiger partial charge >= 0.3 is 0 Å². The minimum Gasteiger partial charge on any atom is -0.312 e. The second-order valence-corrected chi connectivity index (χ2v) is 4.76. The van der Waals surface area contributed by atoms with Crippen LogP contribution >= 0.6 is 0 Å². The number of hydrogen-bond donors (Lipinski definition) is 1. The first kappa shape index (κ1) is 14.2. The minimum absolute atomic E-state index is 0.133. The van der Waals surface area contributed by atoms with Crippen molar-refractivity contribution in [3.8, 4) is 0 Å². The molecular weight excluding hydrogens is 256 g/mol. The van der Waals surface area contributed by atoms with Crippen LogP contribution in [-0.2, 0) is 13.0 Å².